The number of halogens is 3. The van der Waals surface area contributed by atoms with E-state index in [1.165, 1.54) is 18.4 Å². The number of nitrogen functional groups attached to an aromatic ring is 2. The zero-order valence-corrected chi connectivity index (χ0v) is 16.5. The van der Waals surface area contributed by atoms with Gasteiger partial charge in [-0.2, -0.15) is 0 Å². The van der Waals surface area contributed by atoms with Crippen molar-refractivity contribution < 1.29 is 13.5 Å². The molecule has 0 bridgehead atoms. The van der Waals surface area contributed by atoms with Crippen molar-refractivity contribution in [2.45, 2.75) is 13.0 Å². The van der Waals surface area contributed by atoms with Crippen LogP contribution in [-0.4, -0.2) is 15.0 Å². The summed E-state index contributed by atoms with van der Waals surface area (Å²) >= 11 is 12.3. The summed E-state index contributed by atoms with van der Waals surface area (Å²) in [4.78, 5) is 12.1. The normalized spacial score (nSPS) is 12.3. The van der Waals surface area contributed by atoms with Crippen molar-refractivity contribution in [3.05, 3.63) is 58.4 Å². The summed E-state index contributed by atoms with van der Waals surface area (Å²) < 4.78 is 25.5. The lowest BCUT2D eigenvalue weighted by Crippen LogP contribution is -2.08. The highest BCUT2D eigenvalue weighted by Gasteiger charge is 2.23. The maximum absolute atomic E-state index is 13.9. The molecule has 4 aromatic rings. The van der Waals surface area contributed by atoms with Crippen LogP contribution in [0.4, 0.5) is 16.2 Å². The Morgan fingerprint density at radius 2 is 1.83 bits per heavy atom. The summed E-state index contributed by atoms with van der Waals surface area (Å²) in [5.41, 5.74) is 13.6. The summed E-state index contributed by atoms with van der Waals surface area (Å²) in [7, 11) is 0. The lowest BCUT2D eigenvalue weighted by molar-refractivity contribution is 0.227. The maximum atomic E-state index is 13.9. The molecule has 0 spiro atoms. The molecule has 0 amide bonds. The van der Waals surface area contributed by atoms with E-state index in [9.17, 15) is 4.39 Å². The molecule has 0 saturated heterocycles. The minimum atomic E-state index is -0.728. The molecule has 0 saturated carbocycles. The van der Waals surface area contributed by atoms with Crippen LogP contribution in [0.5, 0.6) is 5.75 Å². The summed E-state index contributed by atoms with van der Waals surface area (Å²) in [5, 5.41) is 0.774. The molecule has 4 N–H and O–H groups in total. The van der Waals surface area contributed by atoms with Crippen LogP contribution in [0.15, 0.2) is 41.4 Å². The highest BCUT2D eigenvalue weighted by molar-refractivity contribution is 6.36. The highest BCUT2D eigenvalue weighted by Crippen LogP contribution is 2.41. The van der Waals surface area contributed by atoms with Crippen LogP contribution in [-0.2, 0) is 0 Å². The zero-order chi connectivity index (χ0) is 20.7. The minimum Gasteiger partial charge on any atom is -0.478 e. The second-order valence-electron chi connectivity index (χ2n) is 6.21. The lowest BCUT2D eigenvalue weighted by atomic mass is 10.1. The maximum Gasteiger partial charge on any atom is 0.219 e. The van der Waals surface area contributed by atoms with Crippen LogP contribution < -0.4 is 16.2 Å². The van der Waals surface area contributed by atoms with Gasteiger partial charge < -0.3 is 20.6 Å². The van der Waals surface area contributed by atoms with Gasteiger partial charge in [-0.25, -0.2) is 19.3 Å². The predicted molar refractivity (Wildman–Crippen MR) is 109 cm³/mol. The lowest BCUT2D eigenvalue weighted by Gasteiger charge is -2.18. The van der Waals surface area contributed by atoms with E-state index in [-0.39, 0.29) is 27.6 Å². The molecule has 7 nitrogen and oxygen atoms in total. The first-order chi connectivity index (χ1) is 13.9. The summed E-state index contributed by atoms with van der Waals surface area (Å²) in [6.07, 6.45) is 5.48. The number of nitrogens with two attached hydrogens (primary N) is 2. The van der Waals surface area contributed by atoms with Gasteiger partial charge in [-0.1, -0.05) is 23.2 Å². The molecule has 3 aromatic heterocycles. The average molecular weight is 434 g/mol. The van der Waals surface area contributed by atoms with Crippen molar-refractivity contribution in [1.82, 2.24) is 15.0 Å². The van der Waals surface area contributed by atoms with Crippen LogP contribution in [0, 0.1) is 5.82 Å². The summed E-state index contributed by atoms with van der Waals surface area (Å²) in [6.45, 7) is 1.67. The Hall–Kier alpha value is -3.10. The third-order valence-corrected chi connectivity index (χ3v) is 5.08. The minimum absolute atomic E-state index is 0.0995. The van der Waals surface area contributed by atoms with Crippen LogP contribution in [0.1, 0.15) is 18.6 Å². The molecule has 0 unspecified atom stereocenters. The second kappa shape index (κ2) is 7.38. The fraction of sp³-hybridized carbons (Fsp3) is 0.105. The van der Waals surface area contributed by atoms with Crippen molar-refractivity contribution >= 4 is 45.9 Å². The summed E-state index contributed by atoms with van der Waals surface area (Å²) in [6, 6.07) is 2.59. The second-order valence-corrected chi connectivity index (χ2v) is 7.00. The molecular formula is C19H14Cl2FN5O2. The van der Waals surface area contributed by atoms with Gasteiger partial charge in [0.25, 0.3) is 0 Å². The molecule has 29 heavy (non-hydrogen) atoms. The highest BCUT2D eigenvalue weighted by atomic mass is 35.5. The van der Waals surface area contributed by atoms with Gasteiger partial charge in [-0.15, -0.1) is 0 Å². The van der Waals surface area contributed by atoms with Gasteiger partial charge in [0, 0.05) is 40.3 Å². The Bertz CT molecular complexity index is 1210. The van der Waals surface area contributed by atoms with Crippen LogP contribution >= 0.6 is 23.2 Å². The molecule has 4 rings (SSSR count). The van der Waals surface area contributed by atoms with Gasteiger partial charge in [0.05, 0.1) is 10.4 Å². The van der Waals surface area contributed by atoms with E-state index in [0.29, 0.717) is 27.7 Å². The summed E-state index contributed by atoms with van der Waals surface area (Å²) in [5.74, 6) is -0.156. The monoisotopic (exact) mass is 433 g/mol. The molecule has 1 aromatic carbocycles. The van der Waals surface area contributed by atoms with E-state index in [0.717, 1.165) is 0 Å². The number of hydrogen-bond donors (Lipinski definition) is 2. The largest absolute Gasteiger partial charge is 0.478 e. The molecule has 0 aliphatic carbocycles. The number of nitrogens with zero attached hydrogens (tertiary/aromatic N) is 3. The Labute approximate surface area is 174 Å². The first-order valence-electron chi connectivity index (χ1n) is 8.40. The number of pyridine rings is 1. The van der Waals surface area contributed by atoms with Crippen LogP contribution in [0.3, 0.4) is 0 Å². The molecule has 3 heterocycles. The van der Waals surface area contributed by atoms with Gasteiger partial charge in [-0.3, -0.25) is 0 Å². The first-order valence-corrected chi connectivity index (χ1v) is 9.16. The quantitative estimate of drug-likeness (QED) is 0.433. The number of furan rings is 1. The third kappa shape index (κ3) is 3.41. The predicted octanol–water partition coefficient (Wildman–Crippen LogP) is 5.04. The van der Waals surface area contributed by atoms with E-state index in [4.69, 9.17) is 43.8 Å². The Balaban J connectivity index is 1.78. The first kappa shape index (κ1) is 19.2. The van der Waals surface area contributed by atoms with Crippen LogP contribution in [0.25, 0.3) is 22.1 Å². The third-order valence-electron chi connectivity index (χ3n) is 4.36. The molecule has 0 fully saturated rings. The molecule has 0 aliphatic rings. The van der Waals surface area contributed by atoms with E-state index >= 15 is 0 Å². The van der Waals surface area contributed by atoms with Crippen molar-refractivity contribution in [3.8, 4) is 16.9 Å². The Kier molecular flexibility index (Phi) is 4.89. The number of fused-ring (bicyclic) bond motifs is 1. The van der Waals surface area contributed by atoms with E-state index in [2.05, 4.69) is 15.0 Å². The van der Waals surface area contributed by atoms with Gasteiger partial charge >= 0.3 is 0 Å². The number of benzene rings is 1. The fourth-order valence-electron chi connectivity index (χ4n) is 2.95. The van der Waals surface area contributed by atoms with Crippen LogP contribution in [0.2, 0.25) is 10.0 Å². The number of hydrogen-bond acceptors (Lipinski definition) is 7. The molecular weight excluding hydrogens is 420 g/mol. The number of aromatic nitrogens is 3. The molecule has 1 atom stereocenters. The topological polar surface area (TPSA) is 113 Å². The van der Waals surface area contributed by atoms with Crippen molar-refractivity contribution in [2.75, 3.05) is 11.5 Å². The number of ether oxygens (including phenoxy) is 1. The van der Waals surface area contributed by atoms with Crippen molar-refractivity contribution in [2.24, 2.45) is 0 Å². The Morgan fingerprint density at radius 1 is 1.10 bits per heavy atom. The number of rotatable bonds is 4. The van der Waals surface area contributed by atoms with Gasteiger partial charge in [-0.05, 0) is 19.1 Å². The average Bonchev–Trinajstić information content (AvgIpc) is 3.12. The fourth-order valence-corrected chi connectivity index (χ4v) is 3.62. The standard InChI is InChI=1S/C19H14Cl2FN5O2/c1-8(14-12(20)2-3-13(22)15(14)21)29-17-16-10(6-25-18(17)23)11(7-28-16)9-4-26-19(24)27-5-9/h2-8H,1H3,(H2,23,25)(H2,24,26,27)/t8-/m1/s1. The van der Waals surface area contributed by atoms with Crippen molar-refractivity contribution in [3.63, 3.8) is 0 Å². The smallest absolute Gasteiger partial charge is 0.219 e. The zero-order valence-electron chi connectivity index (χ0n) is 15.0. The van der Waals surface area contributed by atoms with Crippen molar-refractivity contribution in [1.29, 1.82) is 0 Å². The van der Waals surface area contributed by atoms with Gasteiger partial charge in [0.1, 0.15) is 18.2 Å². The Morgan fingerprint density at radius 3 is 2.55 bits per heavy atom. The van der Waals surface area contributed by atoms with E-state index in [1.807, 2.05) is 0 Å². The molecule has 0 aliphatic heterocycles. The molecule has 148 valence electrons. The van der Waals surface area contributed by atoms with Gasteiger partial charge in [0.2, 0.25) is 11.7 Å². The van der Waals surface area contributed by atoms with E-state index in [1.54, 1.807) is 25.5 Å². The van der Waals surface area contributed by atoms with Gasteiger partial charge in [0.15, 0.2) is 11.4 Å². The molecule has 10 heteroatoms. The SMILES string of the molecule is C[C@@H](Oc1c(N)ncc2c(-c3cnc(N)nc3)coc12)c1c(Cl)ccc(F)c1Cl. The van der Waals surface area contributed by atoms with E-state index < -0.39 is 11.9 Å². The molecule has 0 radical (unpaired) electrons. The number of anilines is 2.